The number of ether oxygens (including phenoxy) is 1. The van der Waals surface area contributed by atoms with E-state index in [1.807, 2.05) is 48.5 Å². The summed E-state index contributed by atoms with van der Waals surface area (Å²) in [6.07, 6.45) is -1.60. The third kappa shape index (κ3) is 5.28. The first-order chi connectivity index (χ1) is 16.5. The summed E-state index contributed by atoms with van der Waals surface area (Å²) < 4.78 is 32.9. The summed E-state index contributed by atoms with van der Waals surface area (Å²) in [7, 11) is 0. The highest BCUT2D eigenvalue weighted by Crippen LogP contribution is 2.44. The first-order valence-electron chi connectivity index (χ1n) is 11.5. The molecule has 9 heteroatoms. The number of carbonyl (C=O) groups excluding carboxylic acids is 2. The summed E-state index contributed by atoms with van der Waals surface area (Å²) in [5.41, 5.74) is 3.52. The molecule has 1 fully saturated rings. The predicted octanol–water partition coefficient (Wildman–Crippen LogP) is 4.40. The Hall–Kier alpha value is -3.49. The van der Waals surface area contributed by atoms with E-state index in [0.717, 1.165) is 22.3 Å². The first-order valence-corrected chi connectivity index (χ1v) is 11.5. The molecule has 7 nitrogen and oxygen atoms in total. The number of carbonyl (C=O) groups is 3. The van der Waals surface area contributed by atoms with Crippen molar-refractivity contribution >= 4 is 18.0 Å². The molecule has 0 radical (unpaired) electrons. The summed E-state index contributed by atoms with van der Waals surface area (Å²) in [6.45, 7) is 2.60. The molecule has 2 aliphatic rings. The number of rotatable bonds is 7. The minimum Gasteiger partial charge on any atom is -0.480 e. The SMILES string of the molecule is CC(C)(CCC(=O)N1CC(F)(F)C[C@H]1C(=O)O)NC(=O)OCC1c2ccccc2-c2ccccc21. The van der Waals surface area contributed by atoms with Crippen molar-refractivity contribution in [1.29, 1.82) is 0 Å². The Balaban J connectivity index is 1.32. The average Bonchev–Trinajstić information content (AvgIpc) is 3.30. The molecule has 1 heterocycles. The van der Waals surface area contributed by atoms with Crippen molar-refractivity contribution < 1.29 is 33.0 Å². The highest BCUT2D eigenvalue weighted by atomic mass is 19.3. The maximum absolute atomic E-state index is 13.7. The van der Waals surface area contributed by atoms with Gasteiger partial charge in [-0.05, 0) is 42.5 Å². The molecule has 0 spiro atoms. The van der Waals surface area contributed by atoms with Crippen LogP contribution >= 0.6 is 0 Å². The fourth-order valence-corrected chi connectivity index (χ4v) is 4.84. The number of carboxylic acid groups (broad SMARTS) is 1. The van der Waals surface area contributed by atoms with Crippen molar-refractivity contribution in [3.63, 3.8) is 0 Å². The molecule has 2 aromatic carbocycles. The van der Waals surface area contributed by atoms with Crippen molar-refractivity contribution in [2.24, 2.45) is 0 Å². The maximum Gasteiger partial charge on any atom is 0.407 e. The molecule has 0 bridgehead atoms. The van der Waals surface area contributed by atoms with Gasteiger partial charge >= 0.3 is 12.1 Å². The second kappa shape index (κ2) is 9.28. The lowest BCUT2D eigenvalue weighted by Crippen LogP contribution is -2.46. The molecular formula is C26H28F2N2O5. The minimum atomic E-state index is -3.23. The van der Waals surface area contributed by atoms with Crippen LogP contribution in [0.25, 0.3) is 11.1 Å². The van der Waals surface area contributed by atoms with Crippen LogP contribution in [-0.2, 0) is 14.3 Å². The Morgan fingerprint density at radius 1 is 1.09 bits per heavy atom. The van der Waals surface area contributed by atoms with Crippen molar-refractivity contribution in [2.45, 2.75) is 56.5 Å². The number of amides is 2. The lowest BCUT2D eigenvalue weighted by Gasteiger charge is -2.28. The van der Waals surface area contributed by atoms with E-state index in [-0.39, 0.29) is 25.4 Å². The molecule has 1 aliphatic carbocycles. The molecule has 0 saturated carbocycles. The summed E-state index contributed by atoms with van der Waals surface area (Å²) in [5, 5.41) is 11.9. The predicted molar refractivity (Wildman–Crippen MR) is 124 cm³/mol. The number of likely N-dealkylation sites (tertiary alicyclic amines) is 1. The number of halogens is 2. The van der Waals surface area contributed by atoms with Crippen molar-refractivity contribution in [2.75, 3.05) is 13.2 Å². The zero-order valence-electron chi connectivity index (χ0n) is 19.6. The highest BCUT2D eigenvalue weighted by Gasteiger charge is 2.50. The number of aliphatic carboxylic acids is 1. The van der Waals surface area contributed by atoms with E-state index in [1.165, 1.54) is 0 Å². The van der Waals surface area contributed by atoms with Crippen LogP contribution in [0.3, 0.4) is 0 Å². The Labute approximate surface area is 202 Å². The van der Waals surface area contributed by atoms with Crippen LogP contribution in [0.5, 0.6) is 0 Å². The molecule has 2 amide bonds. The summed E-state index contributed by atoms with van der Waals surface area (Å²) >= 11 is 0. The molecule has 2 N–H and O–H groups in total. The second-order valence-corrected chi connectivity index (χ2v) is 9.77. The van der Waals surface area contributed by atoms with Gasteiger partial charge in [-0.3, -0.25) is 4.79 Å². The van der Waals surface area contributed by atoms with Crippen LogP contribution < -0.4 is 5.32 Å². The fraction of sp³-hybridized carbons (Fsp3) is 0.423. The zero-order valence-corrected chi connectivity index (χ0v) is 19.6. The Morgan fingerprint density at radius 3 is 2.23 bits per heavy atom. The van der Waals surface area contributed by atoms with Crippen LogP contribution in [0.2, 0.25) is 0 Å². The smallest absolute Gasteiger partial charge is 0.407 e. The van der Waals surface area contributed by atoms with Gasteiger partial charge < -0.3 is 20.1 Å². The monoisotopic (exact) mass is 486 g/mol. The van der Waals surface area contributed by atoms with Gasteiger partial charge in [-0.25, -0.2) is 18.4 Å². The number of hydrogen-bond donors (Lipinski definition) is 2. The van der Waals surface area contributed by atoms with Gasteiger partial charge in [0, 0.05) is 24.3 Å². The summed E-state index contributed by atoms with van der Waals surface area (Å²) in [5.74, 6) is -5.46. The number of alkyl halides is 2. The largest absolute Gasteiger partial charge is 0.480 e. The summed E-state index contributed by atoms with van der Waals surface area (Å²) in [4.78, 5) is 37.1. The minimum absolute atomic E-state index is 0.0948. The van der Waals surface area contributed by atoms with Crippen LogP contribution in [0.4, 0.5) is 13.6 Å². The molecule has 1 saturated heterocycles. The van der Waals surface area contributed by atoms with E-state index in [9.17, 15) is 28.3 Å². The topological polar surface area (TPSA) is 95.9 Å². The van der Waals surface area contributed by atoms with Gasteiger partial charge in [0.25, 0.3) is 5.92 Å². The van der Waals surface area contributed by atoms with Gasteiger partial charge in [-0.15, -0.1) is 0 Å². The molecule has 35 heavy (non-hydrogen) atoms. The van der Waals surface area contributed by atoms with Crippen LogP contribution in [0.15, 0.2) is 48.5 Å². The number of benzene rings is 2. The van der Waals surface area contributed by atoms with E-state index in [0.29, 0.717) is 4.90 Å². The number of nitrogens with one attached hydrogen (secondary N) is 1. The van der Waals surface area contributed by atoms with Crippen molar-refractivity contribution in [3.05, 3.63) is 59.7 Å². The molecule has 0 aromatic heterocycles. The Morgan fingerprint density at radius 2 is 1.66 bits per heavy atom. The number of alkyl carbamates (subject to hydrolysis) is 1. The van der Waals surface area contributed by atoms with Crippen molar-refractivity contribution in [1.82, 2.24) is 10.2 Å². The van der Waals surface area contributed by atoms with Gasteiger partial charge in [0.2, 0.25) is 5.91 Å². The highest BCUT2D eigenvalue weighted by molar-refractivity contribution is 5.84. The van der Waals surface area contributed by atoms with Gasteiger partial charge in [0.05, 0.1) is 6.54 Å². The number of hydrogen-bond acceptors (Lipinski definition) is 4. The van der Waals surface area contributed by atoms with Gasteiger partial charge in [0.15, 0.2) is 0 Å². The zero-order chi connectivity index (χ0) is 25.4. The lowest BCUT2D eigenvalue weighted by molar-refractivity contribution is -0.148. The van der Waals surface area contributed by atoms with Crippen LogP contribution in [0.1, 0.15) is 50.2 Å². The van der Waals surface area contributed by atoms with Gasteiger partial charge in [0.1, 0.15) is 12.6 Å². The molecule has 1 aliphatic heterocycles. The fourth-order valence-electron chi connectivity index (χ4n) is 4.84. The number of fused-ring (bicyclic) bond motifs is 3. The van der Waals surface area contributed by atoms with Gasteiger partial charge in [-0.1, -0.05) is 48.5 Å². The number of carboxylic acids is 1. The molecule has 4 rings (SSSR count). The van der Waals surface area contributed by atoms with E-state index in [1.54, 1.807) is 13.8 Å². The van der Waals surface area contributed by atoms with E-state index >= 15 is 0 Å². The van der Waals surface area contributed by atoms with E-state index < -0.39 is 48.4 Å². The lowest BCUT2D eigenvalue weighted by atomic mass is 9.97. The third-order valence-corrected chi connectivity index (χ3v) is 6.62. The molecule has 0 unspecified atom stereocenters. The number of nitrogens with zero attached hydrogens (tertiary/aromatic N) is 1. The molecular weight excluding hydrogens is 458 g/mol. The second-order valence-electron chi connectivity index (χ2n) is 9.77. The average molecular weight is 487 g/mol. The van der Waals surface area contributed by atoms with Gasteiger partial charge in [-0.2, -0.15) is 0 Å². The van der Waals surface area contributed by atoms with E-state index in [2.05, 4.69) is 5.32 Å². The van der Waals surface area contributed by atoms with Crippen LogP contribution in [-0.4, -0.2) is 58.6 Å². The quantitative estimate of drug-likeness (QED) is 0.605. The normalized spacial score (nSPS) is 18.6. The van der Waals surface area contributed by atoms with Crippen LogP contribution in [0, 0.1) is 0 Å². The van der Waals surface area contributed by atoms with E-state index in [4.69, 9.17) is 4.74 Å². The third-order valence-electron chi connectivity index (χ3n) is 6.62. The standard InChI is InChI=1S/C26H28F2N2O5/c1-25(2,12-11-22(31)30-15-26(27,28)13-21(30)23(32)33)29-24(34)35-14-20-18-9-5-3-7-16(18)17-8-4-6-10-19(17)20/h3-10,20-21H,11-15H2,1-2H3,(H,29,34)(H,32,33)/t21-/m0/s1. The van der Waals surface area contributed by atoms with Crippen molar-refractivity contribution in [3.8, 4) is 11.1 Å². The first kappa shape index (κ1) is 24.6. The summed E-state index contributed by atoms with van der Waals surface area (Å²) in [6, 6.07) is 14.4. The molecule has 2 aromatic rings. The maximum atomic E-state index is 13.7. The Kier molecular flexibility index (Phi) is 6.53. The molecule has 186 valence electrons. The Bertz CT molecular complexity index is 1100. The molecule has 1 atom stereocenters.